The fraction of sp³-hybridized carbons (Fsp3) is 0.214. The first-order chi connectivity index (χ1) is 10.4. The van der Waals surface area contributed by atoms with Crippen molar-refractivity contribution < 1.29 is 8.78 Å². The highest BCUT2D eigenvalue weighted by molar-refractivity contribution is 6.30. The van der Waals surface area contributed by atoms with Gasteiger partial charge < -0.3 is 0 Å². The van der Waals surface area contributed by atoms with E-state index < -0.39 is 6.55 Å². The summed E-state index contributed by atoms with van der Waals surface area (Å²) in [5.74, 6) is 0.598. The van der Waals surface area contributed by atoms with Crippen LogP contribution < -0.4 is 0 Å². The molecule has 0 spiro atoms. The van der Waals surface area contributed by atoms with E-state index in [1.165, 1.54) is 12.4 Å². The third kappa shape index (κ3) is 2.27. The van der Waals surface area contributed by atoms with Gasteiger partial charge in [0.05, 0.1) is 18.1 Å². The van der Waals surface area contributed by atoms with E-state index in [-0.39, 0.29) is 5.15 Å². The maximum atomic E-state index is 12.7. The quantitative estimate of drug-likeness (QED) is 0.684. The summed E-state index contributed by atoms with van der Waals surface area (Å²) in [5.41, 5.74) is 3.12. The van der Waals surface area contributed by atoms with Crippen molar-refractivity contribution in [3.63, 3.8) is 0 Å². The molecule has 3 aromatic heterocycles. The summed E-state index contributed by atoms with van der Waals surface area (Å²) < 4.78 is 27.6. The zero-order valence-corrected chi connectivity index (χ0v) is 12.6. The smallest absolute Gasteiger partial charge is 0.278 e. The van der Waals surface area contributed by atoms with Crippen LogP contribution in [0.4, 0.5) is 8.78 Å². The zero-order chi connectivity index (χ0) is 16.0. The molecule has 22 heavy (non-hydrogen) atoms. The highest BCUT2D eigenvalue weighted by Crippen LogP contribution is 2.28. The van der Waals surface area contributed by atoms with Gasteiger partial charge in [-0.25, -0.2) is 14.6 Å². The molecule has 0 aromatic carbocycles. The Morgan fingerprint density at radius 2 is 2.09 bits per heavy atom. The second-order valence-electron chi connectivity index (χ2n) is 4.90. The van der Waals surface area contributed by atoms with Crippen LogP contribution in [0.1, 0.15) is 24.9 Å². The summed E-state index contributed by atoms with van der Waals surface area (Å²) in [4.78, 5) is 8.73. The predicted molar refractivity (Wildman–Crippen MR) is 80.4 cm³/mol. The number of halogens is 3. The van der Waals surface area contributed by atoms with E-state index in [0.717, 1.165) is 11.1 Å². The molecule has 0 atom stereocenters. The predicted octanol–water partition coefficient (Wildman–Crippen LogP) is 4.01. The van der Waals surface area contributed by atoms with Crippen molar-refractivity contribution in [1.29, 1.82) is 0 Å². The maximum Gasteiger partial charge on any atom is 0.333 e. The van der Waals surface area contributed by atoms with Crippen molar-refractivity contribution in [2.24, 2.45) is 0 Å². The number of hydrogen-bond acceptors (Lipinski definition) is 3. The van der Waals surface area contributed by atoms with Crippen molar-refractivity contribution in [3.05, 3.63) is 41.6 Å². The van der Waals surface area contributed by atoms with Crippen molar-refractivity contribution in [2.75, 3.05) is 0 Å². The summed E-state index contributed by atoms with van der Waals surface area (Å²) in [7, 11) is 0. The van der Waals surface area contributed by atoms with Gasteiger partial charge >= 0.3 is 6.55 Å². The molecule has 0 saturated heterocycles. The Balaban J connectivity index is 2.29. The molecular weight excluding hydrogens is 312 g/mol. The van der Waals surface area contributed by atoms with Crippen molar-refractivity contribution in [3.8, 4) is 5.69 Å². The van der Waals surface area contributed by atoms with Gasteiger partial charge in [0.15, 0.2) is 5.65 Å². The number of nitrogens with zero attached hydrogens (tertiary/aromatic N) is 5. The molecule has 0 aliphatic rings. The number of aromatic nitrogens is 5. The van der Waals surface area contributed by atoms with Gasteiger partial charge in [-0.05, 0) is 25.5 Å². The van der Waals surface area contributed by atoms with Crippen LogP contribution in [0.15, 0.2) is 25.0 Å². The Morgan fingerprint density at radius 3 is 2.68 bits per heavy atom. The normalized spacial score (nSPS) is 11.5. The molecule has 8 heteroatoms. The molecule has 0 aliphatic heterocycles. The molecule has 0 N–H and O–H groups in total. The highest BCUT2D eigenvalue weighted by Gasteiger charge is 2.18. The number of hydrogen-bond donors (Lipinski definition) is 0. The number of allylic oxidation sites excluding steroid dienone is 1. The molecule has 114 valence electrons. The molecule has 3 heterocycles. The summed E-state index contributed by atoms with van der Waals surface area (Å²) in [6.07, 6.45) is 2.57. The lowest BCUT2D eigenvalue weighted by molar-refractivity contribution is 0.0566. The number of aryl methyl sites for hydroxylation is 1. The van der Waals surface area contributed by atoms with Gasteiger partial charge in [-0.2, -0.15) is 13.9 Å². The Bertz CT molecular complexity index is 881. The van der Waals surface area contributed by atoms with E-state index in [9.17, 15) is 8.78 Å². The van der Waals surface area contributed by atoms with E-state index in [2.05, 4.69) is 21.6 Å². The molecule has 0 radical (unpaired) electrons. The number of imidazole rings is 1. The first kappa shape index (κ1) is 14.6. The molecule has 0 aliphatic carbocycles. The third-order valence-electron chi connectivity index (χ3n) is 3.26. The summed E-state index contributed by atoms with van der Waals surface area (Å²) in [5, 5.41) is 3.92. The summed E-state index contributed by atoms with van der Waals surface area (Å²) in [6.45, 7) is 4.80. The lowest BCUT2D eigenvalue weighted by Crippen LogP contribution is -1.99. The fourth-order valence-corrected chi connectivity index (χ4v) is 2.50. The van der Waals surface area contributed by atoms with E-state index in [1.807, 2.05) is 6.92 Å². The molecular formula is C14H12ClF2N5. The van der Waals surface area contributed by atoms with E-state index in [4.69, 9.17) is 11.6 Å². The fourth-order valence-electron chi connectivity index (χ4n) is 2.31. The molecule has 0 bridgehead atoms. The van der Waals surface area contributed by atoms with E-state index in [0.29, 0.717) is 27.4 Å². The summed E-state index contributed by atoms with van der Waals surface area (Å²) in [6, 6.07) is 1.69. The van der Waals surface area contributed by atoms with Crippen LogP contribution in [0.5, 0.6) is 0 Å². The van der Waals surface area contributed by atoms with Crippen LogP contribution in [0.25, 0.3) is 22.4 Å². The van der Waals surface area contributed by atoms with Crippen molar-refractivity contribution in [2.45, 2.75) is 20.4 Å². The topological polar surface area (TPSA) is 48.5 Å². The standard InChI is InChI=1S/C14H12ClF2N5/c1-7(2)10-4-11(15)20-13-12(10)19-8(3)22(13)9-5-18-21(6-9)14(16)17/h4-6,14H,1H2,2-3H3. The second kappa shape index (κ2) is 5.17. The first-order valence-electron chi connectivity index (χ1n) is 6.42. The van der Waals surface area contributed by atoms with Gasteiger partial charge in [0.1, 0.15) is 16.5 Å². The van der Waals surface area contributed by atoms with E-state index in [1.54, 1.807) is 17.6 Å². The maximum absolute atomic E-state index is 12.7. The molecule has 3 rings (SSSR count). The Kier molecular flexibility index (Phi) is 3.44. The van der Waals surface area contributed by atoms with Gasteiger partial charge in [0, 0.05) is 5.56 Å². The van der Waals surface area contributed by atoms with Crippen molar-refractivity contribution in [1.82, 2.24) is 24.3 Å². The monoisotopic (exact) mass is 323 g/mol. The largest absolute Gasteiger partial charge is 0.333 e. The molecule has 0 saturated carbocycles. The first-order valence-corrected chi connectivity index (χ1v) is 6.80. The average Bonchev–Trinajstić information content (AvgIpc) is 3.01. The minimum absolute atomic E-state index is 0.285. The zero-order valence-electron chi connectivity index (χ0n) is 11.9. The van der Waals surface area contributed by atoms with Gasteiger partial charge in [-0.15, -0.1) is 0 Å². The van der Waals surface area contributed by atoms with Gasteiger partial charge in [0.25, 0.3) is 0 Å². The minimum Gasteiger partial charge on any atom is -0.278 e. The lowest BCUT2D eigenvalue weighted by Gasteiger charge is -2.05. The van der Waals surface area contributed by atoms with Crippen molar-refractivity contribution >= 4 is 28.3 Å². The molecule has 0 amide bonds. The van der Waals surface area contributed by atoms with Crippen LogP contribution in [-0.2, 0) is 0 Å². The SMILES string of the molecule is C=C(C)c1cc(Cl)nc2c1nc(C)n2-c1cnn(C(F)F)c1. The van der Waals surface area contributed by atoms with Crippen LogP contribution in [0.3, 0.4) is 0 Å². The number of fused-ring (bicyclic) bond motifs is 1. The number of rotatable bonds is 3. The summed E-state index contributed by atoms with van der Waals surface area (Å²) >= 11 is 6.06. The molecule has 0 unspecified atom stereocenters. The average molecular weight is 324 g/mol. The molecule has 0 fully saturated rings. The van der Waals surface area contributed by atoms with E-state index >= 15 is 0 Å². The molecule has 3 aromatic rings. The highest BCUT2D eigenvalue weighted by atomic mass is 35.5. The number of alkyl halides is 2. The third-order valence-corrected chi connectivity index (χ3v) is 3.45. The van der Waals surface area contributed by atoms with Gasteiger partial charge in [-0.1, -0.05) is 18.2 Å². The van der Waals surface area contributed by atoms with Gasteiger partial charge in [0.2, 0.25) is 0 Å². The molecule has 5 nitrogen and oxygen atoms in total. The van der Waals surface area contributed by atoms with Crippen LogP contribution in [0, 0.1) is 6.92 Å². The van der Waals surface area contributed by atoms with Crippen LogP contribution in [-0.4, -0.2) is 24.3 Å². The Hall–Kier alpha value is -2.28. The van der Waals surface area contributed by atoms with Crippen LogP contribution in [0.2, 0.25) is 5.15 Å². The number of pyridine rings is 1. The van der Waals surface area contributed by atoms with Gasteiger partial charge in [-0.3, -0.25) is 4.57 Å². The Morgan fingerprint density at radius 1 is 1.36 bits per heavy atom. The Labute approximate surface area is 129 Å². The van der Waals surface area contributed by atoms with Crippen LogP contribution >= 0.6 is 11.6 Å². The second-order valence-corrected chi connectivity index (χ2v) is 5.28. The minimum atomic E-state index is -2.70. The lowest BCUT2D eigenvalue weighted by atomic mass is 10.1.